The van der Waals surface area contributed by atoms with Crippen LogP contribution >= 0.6 is 11.6 Å². The van der Waals surface area contributed by atoms with Crippen LogP contribution in [0, 0.1) is 5.92 Å². The number of nitrogens with zero attached hydrogens (tertiary/aromatic N) is 3. The molecule has 1 aromatic carbocycles. The van der Waals surface area contributed by atoms with E-state index in [2.05, 4.69) is 29.3 Å². The third-order valence-corrected chi connectivity index (χ3v) is 5.03. The van der Waals surface area contributed by atoms with E-state index in [0.717, 1.165) is 32.5 Å². The van der Waals surface area contributed by atoms with Gasteiger partial charge in [-0.3, -0.25) is 5.32 Å². The van der Waals surface area contributed by atoms with Crippen molar-refractivity contribution in [3.63, 3.8) is 0 Å². The smallest absolute Gasteiger partial charge is 0.323 e. The molecule has 3 N–H and O–H groups in total. The highest BCUT2D eigenvalue weighted by Gasteiger charge is 2.23. The van der Waals surface area contributed by atoms with Gasteiger partial charge in [-0.1, -0.05) is 11.6 Å². The van der Waals surface area contributed by atoms with Crippen molar-refractivity contribution in [2.45, 2.75) is 12.8 Å². The zero-order valence-electron chi connectivity index (χ0n) is 16.2. The lowest BCUT2D eigenvalue weighted by Crippen LogP contribution is -2.42. The van der Waals surface area contributed by atoms with Gasteiger partial charge in [0.1, 0.15) is 17.3 Å². The normalized spacial score (nSPS) is 14.9. The van der Waals surface area contributed by atoms with Crippen LogP contribution in [0.25, 0.3) is 0 Å². The minimum absolute atomic E-state index is 0.136. The van der Waals surface area contributed by atoms with E-state index in [-0.39, 0.29) is 6.03 Å². The Morgan fingerprint density at radius 3 is 2.68 bits per heavy atom. The molecule has 0 saturated carbocycles. The zero-order valence-corrected chi connectivity index (χ0v) is 16.9. The third kappa shape index (κ3) is 5.50. The Balaban J connectivity index is 1.57. The van der Waals surface area contributed by atoms with Gasteiger partial charge in [0, 0.05) is 38.0 Å². The van der Waals surface area contributed by atoms with Crippen LogP contribution in [0.3, 0.4) is 0 Å². The molecule has 1 aromatic heterocycles. The maximum Gasteiger partial charge on any atom is 0.323 e. The molecule has 2 heterocycles. The Bertz CT molecular complexity index is 822. The fourth-order valence-electron chi connectivity index (χ4n) is 3.27. The molecule has 2 aromatic rings. The average Bonchev–Trinajstić information content (AvgIpc) is 2.65. The molecule has 0 atom stereocenters. The molecule has 0 bridgehead atoms. The minimum Gasteiger partial charge on any atom is -0.457 e. The molecule has 2 amide bonds. The van der Waals surface area contributed by atoms with E-state index in [0.29, 0.717) is 33.9 Å². The molecule has 3 rings (SSSR count). The Kier molecular flexibility index (Phi) is 6.59. The fraction of sp³-hybridized carbons (Fsp3) is 0.400. The van der Waals surface area contributed by atoms with E-state index in [4.69, 9.17) is 22.1 Å². The summed E-state index contributed by atoms with van der Waals surface area (Å²) in [4.78, 5) is 20.8. The van der Waals surface area contributed by atoms with Gasteiger partial charge in [-0.25, -0.2) is 9.78 Å². The largest absolute Gasteiger partial charge is 0.457 e. The van der Waals surface area contributed by atoms with E-state index >= 15 is 0 Å². The lowest BCUT2D eigenvalue weighted by molar-refractivity contribution is 0.170. The lowest BCUT2D eigenvalue weighted by atomic mass is 9.97. The van der Waals surface area contributed by atoms with Crippen molar-refractivity contribution in [2.24, 2.45) is 5.92 Å². The number of ether oxygens (including phenoxy) is 1. The van der Waals surface area contributed by atoms with Crippen LogP contribution in [0.5, 0.6) is 11.5 Å². The van der Waals surface area contributed by atoms with Gasteiger partial charge in [0.2, 0.25) is 0 Å². The number of urea groups is 1. The van der Waals surface area contributed by atoms with Crippen molar-refractivity contribution >= 4 is 29.1 Å². The summed E-state index contributed by atoms with van der Waals surface area (Å²) in [5.41, 5.74) is 6.20. The number of pyridine rings is 1. The molecule has 1 aliphatic heterocycles. The highest BCUT2D eigenvalue weighted by Crippen LogP contribution is 2.28. The summed E-state index contributed by atoms with van der Waals surface area (Å²) in [6.07, 6.45) is 3.62. The summed E-state index contributed by atoms with van der Waals surface area (Å²) in [7, 11) is 4.16. The molecule has 0 aliphatic carbocycles. The quantitative estimate of drug-likeness (QED) is 0.739. The van der Waals surface area contributed by atoms with Crippen LogP contribution in [-0.2, 0) is 0 Å². The summed E-state index contributed by atoms with van der Waals surface area (Å²) in [5.74, 6) is 2.20. The standard InChI is InChI=1S/C20H26ClN5O2/c1-25(2)13-14-6-9-26(10-7-14)20(27)24-19-12-16(5-8-23-19)28-15-3-4-18(22)17(21)11-15/h3-5,8,11-12,14H,6-7,9-10,13,22H2,1-2H3,(H,23,24,27). The van der Waals surface area contributed by atoms with E-state index in [1.807, 2.05) is 4.90 Å². The first kappa shape index (κ1) is 20.2. The zero-order chi connectivity index (χ0) is 20.1. The van der Waals surface area contributed by atoms with E-state index in [9.17, 15) is 4.79 Å². The van der Waals surface area contributed by atoms with Gasteiger partial charge in [0.05, 0.1) is 10.7 Å². The molecule has 1 aliphatic rings. The number of anilines is 2. The molecule has 0 spiro atoms. The molecule has 28 heavy (non-hydrogen) atoms. The Morgan fingerprint density at radius 2 is 2.00 bits per heavy atom. The number of halogens is 1. The number of nitrogen functional groups attached to an aromatic ring is 1. The van der Waals surface area contributed by atoms with Crippen LogP contribution < -0.4 is 15.8 Å². The number of amides is 2. The van der Waals surface area contributed by atoms with E-state index < -0.39 is 0 Å². The summed E-state index contributed by atoms with van der Waals surface area (Å²) in [6, 6.07) is 8.32. The number of nitrogens with two attached hydrogens (primary N) is 1. The summed E-state index contributed by atoms with van der Waals surface area (Å²) in [6.45, 7) is 2.57. The predicted molar refractivity (Wildman–Crippen MR) is 112 cm³/mol. The summed E-state index contributed by atoms with van der Waals surface area (Å²) in [5, 5.41) is 3.28. The van der Waals surface area contributed by atoms with Gasteiger partial charge in [0.15, 0.2) is 0 Å². The molecule has 0 radical (unpaired) electrons. The SMILES string of the molecule is CN(C)CC1CCN(C(=O)Nc2cc(Oc3ccc(N)c(Cl)c3)ccn2)CC1. The van der Waals surface area contributed by atoms with Gasteiger partial charge >= 0.3 is 6.03 Å². The van der Waals surface area contributed by atoms with Crippen molar-refractivity contribution in [3.8, 4) is 11.5 Å². The van der Waals surface area contributed by atoms with Crippen LogP contribution in [-0.4, -0.2) is 54.5 Å². The number of hydrogen-bond acceptors (Lipinski definition) is 5. The molecule has 8 heteroatoms. The number of benzene rings is 1. The Hall–Kier alpha value is -2.51. The fourth-order valence-corrected chi connectivity index (χ4v) is 3.44. The number of rotatable bonds is 5. The van der Waals surface area contributed by atoms with E-state index in [1.165, 1.54) is 0 Å². The number of nitrogens with one attached hydrogen (secondary N) is 1. The molecular weight excluding hydrogens is 378 g/mol. The van der Waals surface area contributed by atoms with Gasteiger partial charge in [-0.15, -0.1) is 0 Å². The van der Waals surface area contributed by atoms with Gasteiger partial charge < -0.3 is 20.3 Å². The summed E-state index contributed by atoms with van der Waals surface area (Å²) >= 11 is 6.02. The third-order valence-electron chi connectivity index (χ3n) is 4.70. The molecule has 1 fully saturated rings. The minimum atomic E-state index is -0.136. The van der Waals surface area contributed by atoms with Crippen molar-refractivity contribution in [2.75, 3.05) is 44.8 Å². The second-order valence-electron chi connectivity index (χ2n) is 7.28. The van der Waals surface area contributed by atoms with Gasteiger partial charge in [-0.05, 0) is 51.1 Å². The number of likely N-dealkylation sites (tertiary alicyclic amines) is 1. The first-order valence-electron chi connectivity index (χ1n) is 9.30. The summed E-state index contributed by atoms with van der Waals surface area (Å²) < 4.78 is 5.78. The highest BCUT2D eigenvalue weighted by atomic mass is 35.5. The second kappa shape index (κ2) is 9.12. The van der Waals surface area contributed by atoms with E-state index in [1.54, 1.807) is 36.5 Å². The first-order valence-corrected chi connectivity index (χ1v) is 9.68. The first-order chi connectivity index (χ1) is 13.4. The van der Waals surface area contributed by atoms with Gasteiger partial charge in [0.25, 0.3) is 0 Å². The molecule has 150 valence electrons. The molecular formula is C20H26ClN5O2. The Labute approximate surface area is 170 Å². The number of hydrogen-bond donors (Lipinski definition) is 2. The number of piperidine rings is 1. The van der Waals surface area contributed by atoms with Crippen LogP contribution in [0.2, 0.25) is 5.02 Å². The van der Waals surface area contributed by atoms with Crippen molar-refractivity contribution < 1.29 is 9.53 Å². The van der Waals surface area contributed by atoms with Crippen molar-refractivity contribution in [1.29, 1.82) is 0 Å². The Morgan fingerprint density at radius 1 is 1.29 bits per heavy atom. The maximum atomic E-state index is 12.5. The number of carbonyl (C=O) groups excluding carboxylic acids is 1. The van der Waals surface area contributed by atoms with Crippen molar-refractivity contribution in [3.05, 3.63) is 41.6 Å². The molecule has 7 nitrogen and oxygen atoms in total. The van der Waals surface area contributed by atoms with Crippen molar-refractivity contribution in [1.82, 2.24) is 14.8 Å². The van der Waals surface area contributed by atoms with Crippen LogP contribution in [0.15, 0.2) is 36.5 Å². The highest BCUT2D eigenvalue weighted by molar-refractivity contribution is 6.33. The maximum absolute atomic E-state index is 12.5. The number of carbonyl (C=O) groups is 1. The van der Waals surface area contributed by atoms with Gasteiger partial charge in [-0.2, -0.15) is 0 Å². The predicted octanol–water partition coefficient (Wildman–Crippen LogP) is 3.92. The molecule has 1 saturated heterocycles. The topological polar surface area (TPSA) is 83.7 Å². The van der Waals surface area contributed by atoms with Crippen LogP contribution in [0.4, 0.5) is 16.3 Å². The van der Waals surface area contributed by atoms with Crippen LogP contribution in [0.1, 0.15) is 12.8 Å². The average molecular weight is 404 g/mol. The molecule has 0 unspecified atom stereocenters. The number of aromatic nitrogens is 1. The second-order valence-corrected chi connectivity index (χ2v) is 7.69. The lowest BCUT2D eigenvalue weighted by Gasteiger charge is -2.33. The monoisotopic (exact) mass is 403 g/mol.